The zero-order chi connectivity index (χ0) is 17.9. The topological polar surface area (TPSA) is 80.6 Å². The van der Waals surface area contributed by atoms with Gasteiger partial charge in [0.2, 0.25) is 0 Å². The molecule has 1 heterocycles. The van der Waals surface area contributed by atoms with Crippen molar-refractivity contribution in [2.45, 2.75) is 12.5 Å². The Morgan fingerprint density at radius 2 is 2.12 bits per heavy atom. The maximum absolute atomic E-state index is 13.4. The van der Waals surface area contributed by atoms with E-state index in [9.17, 15) is 13.6 Å². The van der Waals surface area contributed by atoms with Gasteiger partial charge in [-0.25, -0.2) is 4.79 Å². The Morgan fingerprint density at radius 1 is 1.42 bits per heavy atom. The van der Waals surface area contributed by atoms with Crippen LogP contribution in [0.2, 0.25) is 0 Å². The minimum Gasteiger partial charge on any atom is -0.495 e. The summed E-state index contributed by atoms with van der Waals surface area (Å²) in [4.78, 5) is 11.4. The molecule has 0 spiro atoms. The third kappa shape index (κ3) is 3.53. The van der Waals surface area contributed by atoms with E-state index in [1.807, 2.05) is 0 Å². The number of esters is 1. The normalized spacial score (nSPS) is 15.1. The van der Waals surface area contributed by atoms with Crippen molar-refractivity contribution in [2.24, 2.45) is 0 Å². The quantitative estimate of drug-likeness (QED) is 0.361. The van der Waals surface area contributed by atoms with Crippen LogP contribution in [0.15, 0.2) is 42.3 Å². The van der Waals surface area contributed by atoms with E-state index in [1.165, 1.54) is 19.4 Å². The van der Waals surface area contributed by atoms with Crippen LogP contribution < -0.4 is 10.1 Å². The molecule has 1 aromatic carbocycles. The molecule has 0 aromatic heterocycles. The van der Waals surface area contributed by atoms with E-state index in [0.717, 1.165) is 7.11 Å². The van der Waals surface area contributed by atoms with E-state index in [-0.39, 0.29) is 17.1 Å². The van der Waals surface area contributed by atoms with Crippen LogP contribution >= 0.6 is 0 Å². The first-order chi connectivity index (χ1) is 11.3. The fraction of sp³-hybridized carbons (Fsp3) is 0.250. The van der Waals surface area contributed by atoms with Gasteiger partial charge in [0.15, 0.2) is 5.71 Å². The van der Waals surface area contributed by atoms with Crippen LogP contribution in [0, 0.1) is 5.41 Å². The molecule has 2 N–H and O–H groups in total. The highest BCUT2D eigenvalue weighted by molar-refractivity contribution is 6.42. The molecular weight excluding hydrogens is 322 g/mol. The number of rotatable bonds is 6. The first kappa shape index (κ1) is 17.5. The second-order valence-electron chi connectivity index (χ2n) is 4.90. The molecule has 2 rings (SSSR count). The Balaban J connectivity index is 2.21. The number of hydrogen-bond donors (Lipinski definition) is 2. The number of hydrogen-bond acceptors (Lipinski definition) is 6. The number of halogens is 2. The molecule has 1 aromatic rings. The third-order valence-corrected chi connectivity index (χ3v) is 3.34. The van der Waals surface area contributed by atoms with Gasteiger partial charge < -0.3 is 19.5 Å². The average Bonchev–Trinajstić information content (AvgIpc) is 2.88. The molecular formula is C16H16F2N2O4. The van der Waals surface area contributed by atoms with Gasteiger partial charge in [0.1, 0.15) is 11.5 Å². The molecule has 0 unspecified atom stereocenters. The van der Waals surface area contributed by atoms with Crippen molar-refractivity contribution >= 4 is 17.4 Å². The summed E-state index contributed by atoms with van der Waals surface area (Å²) in [7, 11) is 2.47. The molecule has 0 atom stereocenters. The number of benzene rings is 1. The van der Waals surface area contributed by atoms with Crippen LogP contribution in [0.4, 0.5) is 14.5 Å². The number of allylic oxidation sites excluding steroid dienone is 1. The van der Waals surface area contributed by atoms with Crippen LogP contribution in [0.5, 0.6) is 5.75 Å². The lowest BCUT2D eigenvalue weighted by Crippen LogP contribution is -2.20. The third-order valence-electron chi connectivity index (χ3n) is 3.34. The predicted molar refractivity (Wildman–Crippen MR) is 83.3 cm³/mol. The first-order valence-corrected chi connectivity index (χ1v) is 6.85. The van der Waals surface area contributed by atoms with Gasteiger partial charge in [-0.05, 0) is 12.1 Å². The van der Waals surface area contributed by atoms with Gasteiger partial charge in [-0.3, -0.25) is 5.41 Å². The smallest absolute Gasteiger partial charge is 0.402 e. The van der Waals surface area contributed by atoms with Crippen LogP contribution in [-0.4, -0.2) is 32.0 Å². The summed E-state index contributed by atoms with van der Waals surface area (Å²) in [6.45, 7) is 3.60. The molecule has 0 fully saturated rings. The van der Waals surface area contributed by atoms with Crippen molar-refractivity contribution in [1.82, 2.24) is 0 Å². The van der Waals surface area contributed by atoms with Crippen LogP contribution in [0.25, 0.3) is 0 Å². The summed E-state index contributed by atoms with van der Waals surface area (Å²) < 4.78 is 40.8. The van der Waals surface area contributed by atoms with E-state index in [2.05, 4.69) is 21.4 Å². The number of ether oxygens (including phenoxy) is 3. The van der Waals surface area contributed by atoms with Crippen molar-refractivity contribution in [3.8, 4) is 5.75 Å². The number of fused-ring (bicyclic) bond motifs is 1. The van der Waals surface area contributed by atoms with Crippen LogP contribution in [0.1, 0.15) is 5.56 Å². The molecule has 24 heavy (non-hydrogen) atoms. The highest BCUT2D eigenvalue weighted by Crippen LogP contribution is 2.40. The second-order valence-corrected chi connectivity index (χ2v) is 4.90. The Morgan fingerprint density at radius 3 is 2.75 bits per heavy atom. The molecule has 0 bridgehead atoms. The molecule has 8 heteroatoms. The van der Waals surface area contributed by atoms with Crippen molar-refractivity contribution in [3.05, 3.63) is 47.9 Å². The Bertz CT molecular complexity index is 729. The number of carbonyl (C=O) groups excluding carboxylic acids is 1. The summed E-state index contributed by atoms with van der Waals surface area (Å²) >= 11 is 0. The van der Waals surface area contributed by atoms with Crippen molar-refractivity contribution in [2.75, 3.05) is 19.5 Å². The summed E-state index contributed by atoms with van der Waals surface area (Å²) in [5.41, 5.74) is 0.242. The molecule has 1 aliphatic rings. The van der Waals surface area contributed by atoms with Gasteiger partial charge in [0.25, 0.3) is 0 Å². The fourth-order valence-electron chi connectivity index (χ4n) is 2.14. The molecule has 0 saturated heterocycles. The molecule has 6 nitrogen and oxygen atoms in total. The highest BCUT2D eigenvalue weighted by atomic mass is 19.3. The molecule has 128 valence electrons. The minimum absolute atomic E-state index is 0.00833. The maximum atomic E-state index is 13.4. The van der Waals surface area contributed by atoms with Crippen LogP contribution in [0.3, 0.4) is 0 Å². The molecule has 0 radical (unpaired) electrons. The number of methoxy groups -OCH3 is 2. The average molecular weight is 338 g/mol. The largest absolute Gasteiger partial charge is 0.495 e. The predicted octanol–water partition coefficient (Wildman–Crippen LogP) is 2.86. The molecule has 0 aliphatic carbocycles. The van der Waals surface area contributed by atoms with Crippen LogP contribution in [-0.2, 0) is 20.7 Å². The van der Waals surface area contributed by atoms with E-state index >= 15 is 0 Å². The summed E-state index contributed by atoms with van der Waals surface area (Å²) in [6.07, 6.45) is -2.48. The standard InChI is InChI=1S/C16H16F2N2O4/c1-9(14(19)15(21)23-3)13(22-2)8-20-11-5-4-6-12-10(11)7-16(17,18)24-12/h4-6,8,19-20H,1,7H2,2-3H3/b13-8+,19-14?. The van der Waals surface area contributed by atoms with Gasteiger partial charge in [0, 0.05) is 23.0 Å². The van der Waals surface area contributed by atoms with Crippen molar-refractivity contribution in [1.29, 1.82) is 5.41 Å². The lowest BCUT2D eigenvalue weighted by molar-refractivity contribution is -0.159. The van der Waals surface area contributed by atoms with Gasteiger partial charge >= 0.3 is 12.1 Å². The fourth-order valence-corrected chi connectivity index (χ4v) is 2.14. The molecule has 0 saturated carbocycles. The zero-order valence-electron chi connectivity index (χ0n) is 13.1. The Kier molecular flexibility index (Phi) is 4.87. The number of carbonyl (C=O) groups is 1. The zero-order valence-corrected chi connectivity index (χ0v) is 13.1. The minimum atomic E-state index is -3.25. The number of nitrogens with one attached hydrogen (secondary N) is 2. The Labute approximate surface area is 137 Å². The monoisotopic (exact) mass is 338 g/mol. The highest BCUT2D eigenvalue weighted by Gasteiger charge is 2.40. The van der Waals surface area contributed by atoms with Gasteiger partial charge in [-0.1, -0.05) is 12.6 Å². The van der Waals surface area contributed by atoms with Crippen molar-refractivity contribution < 1.29 is 27.8 Å². The summed E-state index contributed by atoms with van der Waals surface area (Å²) in [6, 6.07) is 4.62. The van der Waals surface area contributed by atoms with Crippen molar-refractivity contribution in [3.63, 3.8) is 0 Å². The number of anilines is 1. The van der Waals surface area contributed by atoms with E-state index in [0.29, 0.717) is 11.3 Å². The molecule has 1 aliphatic heterocycles. The lowest BCUT2D eigenvalue weighted by Gasteiger charge is -2.11. The number of alkyl halides is 2. The van der Waals surface area contributed by atoms with E-state index in [1.54, 1.807) is 12.1 Å². The van der Waals surface area contributed by atoms with Gasteiger partial charge in [-0.15, -0.1) is 0 Å². The summed E-state index contributed by atoms with van der Waals surface area (Å²) in [5, 5.41) is 10.5. The lowest BCUT2D eigenvalue weighted by atomic mass is 10.1. The maximum Gasteiger partial charge on any atom is 0.402 e. The summed E-state index contributed by atoms with van der Waals surface area (Å²) in [5.74, 6) is -0.677. The Hall–Kier alpha value is -2.90. The van der Waals surface area contributed by atoms with E-state index in [4.69, 9.17) is 10.1 Å². The first-order valence-electron chi connectivity index (χ1n) is 6.85. The van der Waals surface area contributed by atoms with Gasteiger partial charge in [-0.2, -0.15) is 8.78 Å². The van der Waals surface area contributed by atoms with E-state index < -0.39 is 24.2 Å². The molecule has 0 amide bonds. The SMILES string of the molecule is C=C(C(=N)C(=O)OC)/C(=C\Nc1cccc2c1CC(F)(F)O2)OC. The van der Waals surface area contributed by atoms with Gasteiger partial charge in [0.05, 0.1) is 20.6 Å². The second kappa shape index (κ2) is 6.69.